The molecule has 0 bridgehead atoms. The lowest BCUT2D eigenvalue weighted by atomic mass is 10.4. The molecular weight excluding hydrogens is 254 g/mol. The van der Waals surface area contributed by atoms with Crippen molar-refractivity contribution >= 4 is 17.4 Å². The number of hydrogen-bond donors (Lipinski definition) is 2. The third-order valence-corrected chi connectivity index (χ3v) is 3.42. The van der Waals surface area contributed by atoms with Gasteiger partial charge in [0.25, 0.3) is 5.56 Å². The van der Waals surface area contributed by atoms with Crippen LogP contribution in [0, 0.1) is 0 Å². The normalized spacial score (nSPS) is 10.7. The monoisotopic (exact) mass is 267 g/mol. The molecule has 3 N–H and O–H groups in total. The zero-order valence-corrected chi connectivity index (χ0v) is 10.6. The lowest BCUT2D eigenvalue weighted by Gasteiger charge is -2.05. The van der Waals surface area contributed by atoms with Crippen molar-refractivity contribution in [2.45, 2.75) is 11.7 Å². The van der Waals surface area contributed by atoms with Crippen LogP contribution in [0.5, 0.6) is 0 Å². The van der Waals surface area contributed by atoms with Gasteiger partial charge >= 0.3 is 5.69 Å². The number of nitrogens with one attached hydrogen (secondary N) is 1. The maximum Gasteiger partial charge on any atom is 0.343 e. The molecule has 0 radical (unpaired) electrons. The van der Waals surface area contributed by atoms with Crippen LogP contribution in [-0.4, -0.2) is 25.1 Å². The van der Waals surface area contributed by atoms with Gasteiger partial charge in [-0.25, -0.2) is 9.89 Å². The summed E-state index contributed by atoms with van der Waals surface area (Å²) in [6.07, 6.45) is 1.60. The molecule has 0 unspecified atom stereocenters. The smallest absolute Gasteiger partial charge is 0.343 e. The van der Waals surface area contributed by atoms with Gasteiger partial charge in [-0.1, -0.05) is 11.8 Å². The molecule has 0 fully saturated rings. The zero-order valence-electron chi connectivity index (χ0n) is 9.79. The maximum absolute atomic E-state index is 11.5. The summed E-state index contributed by atoms with van der Waals surface area (Å²) in [6.45, 7) is 0.510. The molecule has 0 atom stereocenters. The van der Waals surface area contributed by atoms with Gasteiger partial charge in [-0.15, -0.1) is 5.10 Å². The minimum absolute atomic E-state index is 0.0966. The van der Waals surface area contributed by atoms with Gasteiger partial charge in [0.05, 0.1) is 0 Å². The van der Waals surface area contributed by atoms with Gasteiger partial charge in [0.2, 0.25) is 0 Å². The number of nitrogens with zero attached hydrogens (tertiary/aromatic N) is 3. The molecule has 0 aromatic carbocycles. The molecule has 2 heterocycles. The number of rotatable bonds is 4. The minimum atomic E-state index is -0.251. The van der Waals surface area contributed by atoms with E-state index in [4.69, 9.17) is 5.73 Å². The average Bonchev–Trinajstić information content (AvgIpc) is 2.65. The summed E-state index contributed by atoms with van der Waals surface area (Å²) < 4.78 is 2.96. The molecule has 0 aliphatic carbocycles. The summed E-state index contributed by atoms with van der Waals surface area (Å²) in [6, 6.07) is 3.01. The fourth-order valence-corrected chi connectivity index (χ4v) is 2.28. The van der Waals surface area contributed by atoms with Crippen molar-refractivity contribution in [3.63, 3.8) is 0 Å². The Hall–Kier alpha value is -1.96. The van der Waals surface area contributed by atoms with E-state index in [1.807, 2.05) is 0 Å². The van der Waals surface area contributed by atoms with Gasteiger partial charge in [-0.2, -0.15) is 0 Å². The number of pyridine rings is 1. The van der Waals surface area contributed by atoms with Gasteiger partial charge < -0.3 is 10.3 Å². The number of anilines is 1. The second-order valence-corrected chi connectivity index (χ2v) is 4.77. The lowest BCUT2D eigenvalue weighted by molar-refractivity contribution is 0.728. The second kappa shape index (κ2) is 5.13. The summed E-state index contributed by atoms with van der Waals surface area (Å²) in [5, 5.41) is 6.81. The first-order valence-electron chi connectivity index (χ1n) is 5.28. The third kappa shape index (κ3) is 2.65. The fourth-order valence-electron chi connectivity index (χ4n) is 1.42. The van der Waals surface area contributed by atoms with Gasteiger partial charge in [0, 0.05) is 37.3 Å². The van der Waals surface area contributed by atoms with Crippen molar-refractivity contribution in [3.8, 4) is 0 Å². The predicted octanol–water partition coefficient (Wildman–Crippen LogP) is -0.355. The summed E-state index contributed by atoms with van der Waals surface area (Å²) in [5.74, 6) is 0.626. The number of aryl methyl sites for hydroxylation is 1. The molecule has 7 nitrogen and oxygen atoms in total. The Kier molecular flexibility index (Phi) is 3.56. The Balaban J connectivity index is 2.00. The number of nitrogens with two attached hydrogens (primary N) is 1. The Morgan fingerprint density at radius 1 is 1.44 bits per heavy atom. The minimum Gasteiger partial charge on any atom is -0.398 e. The Bertz CT molecular complexity index is 657. The molecule has 0 saturated carbocycles. The first kappa shape index (κ1) is 12.5. The fraction of sp³-hybridized carbons (Fsp3) is 0.300. The molecule has 0 aliphatic heterocycles. The molecule has 0 amide bonds. The van der Waals surface area contributed by atoms with Gasteiger partial charge in [-0.05, 0) is 6.07 Å². The van der Waals surface area contributed by atoms with E-state index in [0.29, 0.717) is 23.1 Å². The second-order valence-electron chi connectivity index (χ2n) is 3.71. The van der Waals surface area contributed by atoms with Crippen LogP contribution >= 0.6 is 11.8 Å². The maximum atomic E-state index is 11.5. The topological polar surface area (TPSA) is 98.7 Å². The highest BCUT2D eigenvalue weighted by atomic mass is 32.2. The van der Waals surface area contributed by atoms with Crippen molar-refractivity contribution in [2.24, 2.45) is 7.05 Å². The summed E-state index contributed by atoms with van der Waals surface area (Å²) >= 11 is 1.40. The standard InChI is InChI=1S/C10H13N5O2S/c1-14-9(17)12-13-10(14)18-5-4-15-6-7(11)2-3-8(15)16/h2-3,6H,4-5,11H2,1H3,(H,12,17). The van der Waals surface area contributed by atoms with Crippen molar-refractivity contribution in [3.05, 3.63) is 39.2 Å². The van der Waals surface area contributed by atoms with Gasteiger partial charge in [0.15, 0.2) is 5.16 Å². The molecule has 96 valence electrons. The van der Waals surface area contributed by atoms with E-state index in [0.717, 1.165) is 0 Å². The number of aromatic amines is 1. The Labute approximate surface area is 107 Å². The average molecular weight is 267 g/mol. The molecule has 0 saturated heterocycles. The summed E-state index contributed by atoms with van der Waals surface area (Å²) in [7, 11) is 1.64. The first-order chi connectivity index (χ1) is 8.58. The van der Waals surface area contributed by atoms with Crippen LogP contribution in [0.15, 0.2) is 33.1 Å². The molecule has 18 heavy (non-hydrogen) atoms. The van der Waals surface area contributed by atoms with Crippen molar-refractivity contribution < 1.29 is 0 Å². The predicted molar refractivity (Wildman–Crippen MR) is 69.7 cm³/mol. The molecular formula is C10H13N5O2S. The largest absolute Gasteiger partial charge is 0.398 e. The van der Waals surface area contributed by atoms with Crippen LogP contribution in [0.1, 0.15) is 0 Å². The van der Waals surface area contributed by atoms with E-state index in [9.17, 15) is 9.59 Å². The van der Waals surface area contributed by atoms with Crippen molar-refractivity contribution in [1.29, 1.82) is 0 Å². The SMILES string of the molecule is Cn1c(SCCn2cc(N)ccc2=O)n[nH]c1=O. The highest BCUT2D eigenvalue weighted by molar-refractivity contribution is 7.99. The summed E-state index contributed by atoms with van der Waals surface area (Å²) in [4.78, 5) is 22.6. The number of nitrogen functional groups attached to an aromatic ring is 1. The van der Waals surface area contributed by atoms with E-state index in [1.165, 1.54) is 27.0 Å². The van der Waals surface area contributed by atoms with Crippen LogP contribution in [0.25, 0.3) is 0 Å². The quantitative estimate of drug-likeness (QED) is 0.737. The number of H-pyrrole nitrogens is 1. The number of aromatic nitrogens is 4. The van der Waals surface area contributed by atoms with E-state index < -0.39 is 0 Å². The van der Waals surface area contributed by atoms with E-state index >= 15 is 0 Å². The molecule has 0 aliphatic rings. The summed E-state index contributed by atoms with van der Waals surface area (Å²) in [5.41, 5.74) is 5.81. The zero-order chi connectivity index (χ0) is 13.1. The molecule has 8 heteroatoms. The van der Waals surface area contributed by atoms with E-state index in [2.05, 4.69) is 10.2 Å². The van der Waals surface area contributed by atoms with Crippen LogP contribution in [0.3, 0.4) is 0 Å². The van der Waals surface area contributed by atoms with Crippen molar-refractivity contribution in [2.75, 3.05) is 11.5 Å². The number of hydrogen-bond acceptors (Lipinski definition) is 5. The highest BCUT2D eigenvalue weighted by Gasteiger charge is 2.04. The third-order valence-electron chi connectivity index (χ3n) is 2.41. The lowest BCUT2D eigenvalue weighted by Crippen LogP contribution is -2.20. The highest BCUT2D eigenvalue weighted by Crippen LogP contribution is 2.11. The van der Waals surface area contributed by atoms with Crippen LogP contribution in [-0.2, 0) is 13.6 Å². The Morgan fingerprint density at radius 3 is 2.89 bits per heavy atom. The first-order valence-corrected chi connectivity index (χ1v) is 6.26. The van der Waals surface area contributed by atoms with E-state index in [1.54, 1.807) is 19.3 Å². The molecule has 2 aromatic heterocycles. The molecule has 0 spiro atoms. The van der Waals surface area contributed by atoms with Crippen LogP contribution < -0.4 is 17.0 Å². The van der Waals surface area contributed by atoms with Crippen LogP contribution in [0.4, 0.5) is 5.69 Å². The molecule has 2 rings (SSSR count). The van der Waals surface area contributed by atoms with Crippen molar-refractivity contribution in [1.82, 2.24) is 19.3 Å². The Morgan fingerprint density at radius 2 is 2.22 bits per heavy atom. The number of thioether (sulfide) groups is 1. The van der Waals surface area contributed by atoms with Gasteiger partial charge in [0.1, 0.15) is 0 Å². The molecule has 2 aromatic rings. The van der Waals surface area contributed by atoms with E-state index in [-0.39, 0.29) is 11.2 Å². The van der Waals surface area contributed by atoms with Crippen LogP contribution in [0.2, 0.25) is 0 Å². The van der Waals surface area contributed by atoms with Gasteiger partial charge in [-0.3, -0.25) is 9.36 Å².